The summed E-state index contributed by atoms with van der Waals surface area (Å²) in [6.45, 7) is 0. The SMILES string of the molecule is N#Cc1ccc(Oc2cc(Cl)c(Cl)cc2Cl)cc1Br. The molecule has 0 saturated carbocycles. The molecule has 0 aliphatic carbocycles. The van der Waals surface area contributed by atoms with Crippen LogP contribution in [-0.4, -0.2) is 0 Å². The maximum absolute atomic E-state index is 8.84. The van der Waals surface area contributed by atoms with Gasteiger partial charge >= 0.3 is 0 Å². The quantitative estimate of drug-likeness (QED) is 0.595. The smallest absolute Gasteiger partial charge is 0.147 e. The second kappa shape index (κ2) is 6.02. The van der Waals surface area contributed by atoms with Gasteiger partial charge in [0, 0.05) is 10.5 Å². The van der Waals surface area contributed by atoms with Gasteiger partial charge < -0.3 is 4.74 Å². The maximum atomic E-state index is 8.84. The average molecular weight is 377 g/mol. The standard InChI is InChI=1S/C13H5BrCl3NO/c14-9-3-8(2-1-7(9)6-18)19-13-5-11(16)10(15)4-12(13)17/h1-5H. The average Bonchev–Trinajstić information content (AvgIpc) is 2.36. The van der Waals surface area contributed by atoms with E-state index in [4.69, 9.17) is 44.8 Å². The molecule has 2 rings (SSSR count). The van der Waals surface area contributed by atoms with Crippen molar-refractivity contribution in [1.29, 1.82) is 5.26 Å². The van der Waals surface area contributed by atoms with Gasteiger partial charge in [-0.3, -0.25) is 0 Å². The molecule has 0 bridgehead atoms. The highest BCUT2D eigenvalue weighted by molar-refractivity contribution is 9.10. The minimum absolute atomic E-state index is 0.355. The predicted octanol–water partition coefficient (Wildman–Crippen LogP) is 6.07. The van der Waals surface area contributed by atoms with Crippen LogP contribution in [0, 0.1) is 11.3 Å². The number of hydrogen-bond acceptors (Lipinski definition) is 2. The minimum atomic E-state index is 0.355. The summed E-state index contributed by atoms with van der Waals surface area (Å²) >= 11 is 21.0. The Hall–Kier alpha value is -0.920. The number of hydrogen-bond donors (Lipinski definition) is 0. The molecule has 0 unspecified atom stereocenters. The summed E-state index contributed by atoms with van der Waals surface area (Å²) < 4.78 is 6.25. The van der Waals surface area contributed by atoms with Crippen LogP contribution in [0.3, 0.4) is 0 Å². The highest BCUT2D eigenvalue weighted by atomic mass is 79.9. The summed E-state index contributed by atoms with van der Waals surface area (Å²) in [6.07, 6.45) is 0. The number of rotatable bonds is 2. The third kappa shape index (κ3) is 3.34. The Morgan fingerprint density at radius 2 is 1.68 bits per heavy atom. The lowest BCUT2D eigenvalue weighted by atomic mass is 10.2. The Morgan fingerprint density at radius 1 is 1.00 bits per heavy atom. The lowest BCUT2D eigenvalue weighted by Crippen LogP contribution is -1.87. The Kier molecular flexibility index (Phi) is 4.59. The molecule has 0 aliphatic rings. The lowest BCUT2D eigenvalue weighted by molar-refractivity contribution is 0.482. The van der Waals surface area contributed by atoms with Gasteiger partial charge in [-0.05, 0) is 40.2 Å². The van der Waals surface area contributed by atoms with E-state index in [1.807, 2.05) is 6.07 Å². The first kappa shape index (κ1) is 14.5. The maximum Gasteiger partial charge on any atom is 0.147 e. The molecule has 0 saturated heterocycles. The fourth-order valence-corrected chi connectivity index (χ4v) is 2.38. The third-order valence-corrected chi connectivity index (χ3v) is 3.94. The van der Waals surface area contributed by atoms with Crippen LogP contribution in [0.25, 0.3) is 0 Å². The Morgan fingerprint density at radius 3 is 2.32 bits per heavy atom. The number of ether oxygens (including phenoxy) is 1. The van der Waals surface area contributed by atoms with Gasteiger partial charge in [0.1, 0.15) is 17.6 Å². The Balaban J connectivity index is 2.34. The molecule has 0 heterocycles. The van der Waals surface area contributed by atoms with Crippen molar-refractivity contribution in [3.8, 4) is 17.6 Å². The highest BCUT2D eigenvalue weighted by Crippen LogP contribution is 2.37. The van der Waals surface area contributed by atoms with E-state index < -0.39 is 0 Å². The molecule has 2 aromatic rings. The van der Waals surface area contributed by atoms with Crippen LogP contribution in [0.5, 0.6) is 11.5 Å². The molecule has 0 amide bonds. The van der Waals surface area contributed by atoms with Crippen molar-refractivity contribution in [2.24, 2.45) is 0 Å². The van der Waals surface area contributed by atoms with E-state index in [-0.39, 0.29) is 0 Å². The van der Waals surface area contributed by atoms with Crippen LogP contribution < -0.4 is 4.74 Å². The molecule has 0 spiro atoms. The van der Waals surface area contributed by atoms with E-state index in [1.54, 1.807) is 24.3 Å². The van der Waals surface area contributed by atoms with E-state index in [0.717, 1.165) is 0 Å². The zero-order valence-electron chi connectivity index (χ0n) is 9.25. The zero-order chi connectivity index (χ0) is 14.0. The van der Waals surface area contributed by atoms with Gasteiger partial charge in [-0.15, -0.1) is 0 Å². The summed E-state index contributed by atoms with van der Waals surface area (Å²) in [5.41, 5.74) is 0.521. The molecular weight excluding hydrogens is 372 g/mol. The van der Waals surface area contributed by atoms with Crippen LogP contribution in [0.15, 0.2) is 34.8 Å². The molecule has 96 valence electrons. The summed E-state index contributed by atoms with van der Waals surface area (Å²) in [6, 6.07) is 10.1. The molecule has 2 nitrogen and oxygen atoms in total. The van der Waals surface area contributed by atoms with Gasteiger partial charge in [-0.25, -0.2) is 0 Å². The molecule has 19 heavy (non-hydrogen) atoms. The Bertz CT molecular complexity index is 682. The molecule has 0 fully saturated rings. The van der Waals surface area contributed by atoms with Gasteiger partial charge in [0.25, 0.3) is 0 Å². The van der Waals surface area contributed by atoms with E-state index in [2.05, 4.69) is 15.9 Å². The van der Waals surface area contributed by atoms with E-state index >= 15 is 0 Å². The van der Waals surface area contributed by atoms with Crippen LogP contribution in [0.2, 0.25) is 15.1 Å². The van der Waals surface area contributed by atoms with Crippen LogP contribution in [0.1, 0.15) is 5.56 Å². The topological polar surface area (TPSA) is 33.0 Å². The number of halogens is 4. The molecule has 0 aliphatic heterocycles. The molecule has 0 N–H and O–H groups in total. The monoisotopic (exact) mass is 375 g/mol. The fraction of sp³-hybridized carbons (Fsp3) is 0. The summed E-state index contributed by atoms with van der Waals surface area (Å²) in [5, 5.41) is 9.91. The van der Waals surface area contributed by atoms with Gasteiger partial charge in [0.15, 0.2) is 0 Å². The predicted molar refractivity (Wildman–Crippen MR) is 80.4 cm³/mol. The first-order valence-electron chi connectivity index (χ1n) is 5.03. The van der Waals surface area contributed by atoms with E-state index in [1.165, 1.54) is 6.07 Å². The minimum Gasteiger partial charge on any atom is -0.456 e. The molecule has 2 aromatic carbocycles. The molecule has 0 atom stereocenters. The summed E-state index contributed by atoms with van der Waals surface area (Å²) in [7, 11) is 0. The highest BCUT2D eigenvalue weighted by Gasteiger charge is 2.09. The van der Waals surface area contributed by atoms with Crippen molar-refractivity contribution in [3.05, 3.63) is 55.4 Å². The van der Waals surface area contributed by atoms with Crippen molar-refractivity contribution >= 4 is 50.7 Å². The van der Waals surface area contributed by atoms with Gasteiger partial charge in [0.2, 0.25) is 0 Å². The molecule has 0 radical (unpaired) electrons. The summed E-state index contributed by atoms with van der Waals surface area (Å²) in [4.78, 5) is 0. The normalized spacial score (nSPS) is 10.1. The number of nitriles is 1. The molecular formula is C13H5BrCl3NO. The van der Waals surface area contributed by atoms with Crippen molar-refractivity contribution in [3.63, 3.8) is 0 Å². The van der Waals surface area contributed by atoms with E-state index in [0.29, 0.717) is 36.6 Å². The van der Waals surface area contributed by atoms with Crippen LogP contribution in [-0.2, 0) is 0 Å². The van der Waals surface area contributed by atoms with Crippen molar-refractivity contribution < 1.29 is 4.74 Å². The first-order chi connectivity index (χ1) is 9.01. The molecule has 6 heteroatoms. The van der Waals surface area contributed by atoms with Gasteiger partial charge in [0.05, 0.1) is 20.6 Å². The van der Waals surface area contributed by atoms with Gasteiger partial charge in [-0.2, -0.15) is 5.26 Å². The lowest BCUT2D eigenvalue weighted by Gasteiger charge is -2.09. The van der Waals surface area contributed by atoms with E-state index in [9.17, 15) is 0 Å². The number of benzene rings is 2. The van der Waals surface area contributed by atoms with Crippen molar-refractivity contribution in [2.45, 2.75) is 0 Å². The largest absolute Gasteiger partial charge is 0.456 e. The van der Waals surface area contributed by atoms with Crippen LogP contribution >= 0.6 is 50.7 Å². The van der Waals surface area contributed by atoms with Crippen molar-refractivity contribution in [2.75, 3.05) is 0 Å². The van der Waals surface area contributed by atoms with Crippen LogP contribution in [0.4, 0.5) is 0 Å². The zero-order valence-corrected chi connectivity index (χ0v) is 13.1. The fourth-order valence-electron chi connectivity index (χ4n) is 1.36. The third-order valence-electron chi connectivity index (χ3n) is 2.26. The first-order valence-corrected chi connectivity index (χ1v) is 6.96. The van der Waals surface area contributed by atoms with Gasteiger partial charge in [-0.1, -0.05) is 34.8 Å². The number of nitrogens with zero attached hydrogens (tertiary/aromatic N) is 1. The van der Waals surface area contributed by atoms with Crippen molar-refractivity contribution in [1.82, 2.24) is 0 Å². The molecule has 0 aromatic heterocycles. The Labute approximate surface area is 133 Å². The second-order valence-corrected chi connectivity index (χ2v) is 5.63. The summed E-state index contributed by atoms with van der Waals surface area (Å²) in [5.74, 6) is 0.929. The second-order valence-electron chi connectivity index (χ2n) is 3.55.